The van der Waals surface area contributed by atoms with Crippen molar-refractivity contribution in [2.45, 2.75) is 0 Å². The van der Waals surface area contributed by atoms with Crippen LogP contribution in [0.1, 0.15) is 5.56 Å². The molecule has 7 heteroatoms. The van der Waals surface area contributed by atoms with Crippen molar-refractivity contribution in [2.24, 2.45) is 0 Å². The molecule has 0 radical (unpaired) electrons. The zero-order chi connectivity index (χ0) is 17.7. The topological polar surface area (TPSA) is 62.1 Å². The van der Waals surface area contributed by atoms with Gasteiger partial charge in [0.15, 0.2) is 0 Å². The number of halogens is 3. The first-order valence-electron chi connectivity index (χ1n) is 6.67. The fraction of sp³-hybridized carbons (Fsp3) is 0.0588. The predicted octanol–water partition coefficient (Wildman–Crippen LogP) is 5.26. The highest BCUT2D eigenvalue weighted by atomic mass is 127. The minimum atomic E-state index is -0.521. The van der Waals surface area contributed by atoms with Gasteiger partial charge in [-0.15, -0.1) is 0 Å². The summed E-state index contributed by atoms with van der Waals surface area (Å²) in [6.07, 6.45) is 1.51. The molecule has 0 aliphatic carbocycles. The Morgan fingerprint density at radius 3 is 2.71 bits per heavy atom. The Labute approximate surface area is 166 Å². The number of rotatable bonds is 4. The molecular formula is C17H11BrClIN2O2. The van der Waals surface area contributed by atoms with E-state index in [2.05, 4.69) is 43.8 Å². The van der Waals surface area contributed by atoms with Crippen LogP contribution in [0, 0.1) is 14.9 Å². The Morgan fingerprint density at radius 2 is 2.12 bits per heavy atom. The van der Waals surface area contributed by atoms with Crippen molar-refractivity contribution in [1.82, 2.24) is 0 Å². The molecule has 1 N–H and O–H groups in total. The van der Waals surface area contributed by atoms with Gasteiger partial charge in [0, 0.05) is 0 Å². The third-order valence-corrected chi connectivity index (χ3v) is 4.74. The van der Waals surface area contributed by atoms with Crippen LogP contribution in [0.2, 0.25) is 5.02 Å². The molecule has 0 aliphatic heterocycles. The molecule has 2 aromatic carbocycles. The summed E-state index contributed by atoms with van der Waals surface area (Å²) in [5.74, 6) is 0.180. The van der Waals surface area contributed by atoms with Gasteiger partial charge in [-0.3, -0.25) is 4.79 Å². The number of hydrogen-bond acceptors (Lipinski definition) is 3. The van der Waals surface area contributed by atoms with E-state index >= 15 is 0 Å². The van der Waals surface area contributed by atoms with Crippen molar-refractivity contribution in [1.29, 1.82) is 5.26 Å². The molecule has 0 spiro atoms. The summed E-state index contributed by atoms with van der Waals surface area (Å²) < 4.78 is 6.87. The maximum atomic E-state index is 12.3. The van der Waals surface area contributed by atoms with Gasteiger partial charge in [0.25, 0.3) is 5.91 Å². The molecule has 2 aromatic rings. The van der Waals surface area contributed by atoms with E-state index in [0.717, 1.165) is 8.04 Å². The van der Waals surface area contributed by atoms with E-state index in [4.69, 9.17) is 16.3 Å². The van der Waals surface area contributed by atoms with E-state index in [1.807, 2.05) is 12.1 Å². The van der Waals surface area contributed by atoms with Gasteiger partial charge in [0.1, 0.15) is 17.4 Å². The van der Waals surface area contributed by atoms with Crippen LogP contribution in [0.25, 0.3) is 6.08 Å². The van der Waals surface area contributed by atoms with Gasteiger partial charge in [0.05, 0.1) is 25.9 Å². The molecule has 4 nitrogen and oxygen atoms in total. The van der Waals surface area contributed by atoms with Gasteiger partial charge < -0.3 is 10.1 Å². The maximum absolute atomic E-state index is 12.3. The maximum Gasteiger partial charge on any atom is 0.266 e. The second-order valence-electron chi connectivity index (χ2n) is 4.62. The fourth-order valence-corrected chi connectivity index (χ4v) is 3.99. The summed E-state index contributed by atoms with van der Waals surface area (Å²) in [4.78, 5) is 12.3. The molecular weight excluding hydrogens is 506 g/mol. The molecule has 1 amide bonds. The van der Waals surface area contributed by atoms with E-state index in [1.165, 1.54) is 6.08 Å². The highest BCUT2D eigenvalue weighted by Crippen LogP contribution is 2.32. The first-order chi connectivity index (χ1) is 11.5. The number of nitrogens with one attached hydrogen (secondary N) is 1. The Balaban J connectivity index is 2.31. The van der Waals surface area contributed by atoms with Gasteiger partial charge >= 0.3 is 0 Å². The normalized spacial score (nSPS) is 10.9. The molecule has 0 saturated carbocycles. The van der Waals surface area contributed by atoms with Crippen molar-refractivity contribution in [2.75, 3.05) is 12.4 Å². The van der Waals surface area contributed by atoms with Crippen molar-refractivity contribution in [3.8, 4) is 11.8 Å². The third kappa shape index (κ3) is 4.50. The van der Waals surface area contributed by atoms with Crippen LogP contribution in [0.3, 0.4) is 0 Å². The van der Waals surface area contributed by atoms with Crippen molar-refractivity contribution in [3.63, 3.8) is 0 Å². The lowest BCUT2D eigenvalue weighted by Crippen LogP contribution is -2.13. The van der Waals surface area contributed by atoms with E-state index in [1.54, 1.807) is 37.4 Å². The van der Waals surface area contributed by atoms with E-state index in [9.17, 15) is 10.1 Å². The Kier molecular flexibility index (Phi) is 6.66. The largest absolute Gasteiger partial charge is 0.494 e. The monoisotopic (exact) mass is 516 g/mol. The van der Waals surface area contributed by atoms with Crippen molar-refractivity contribution in [3.05, 3.63) is 60.6 Å². The van der Waals surface area contributed by atoms with Gasteiger partial charge in [-0.2, -0.15) is 5.26 Å². The molecule has 24 heavy (non-hydrogen) atoms. The molecule has 0 fully saturated rings. The summed E-state index contributed by atoms with van der Waals surface area (Å²) in [6, 6.07) is 12.4. The predicted molar refractivity (Wildman–Crippen MR) is 107 cm³/mol. The Hall–Kier alpha value is -1.56. The second-order valence-corrected chi connectivity index (χ2v) is 7.05. The van der Waals surface area contributed by atoms with Crippen LogP contribution in [0.4, 0.5) is 5.69 Å². The number of hydrogen-bond donors (Lipinski definition) is 1. The van der Waals surface area contributed by atoms with Crippen LogP contribution in [-0.4, -0.2) is 13.0 Å². The summed E-state index contributed by atoms with van der Waals surface area (Å²) >= 11 is 11.5. The van der Waals surface area contributed by atoms with Crippen LogP contribution in [-0.2, 0) is 4.79 Å². The molecule has 0 aliphatic rings. The van der Waals surface area contributed by atoms with Crippen LogP contribution >= 0.6 is 50.1 Å². The Bertz CT molecular complexity index is 839. The fourth-order valence-electron chi connectivity index (χ4n) is 1.93. The second kappa shape index (κ2) is 8.51. The summed E-state index contributed by atoms with van der Waals surface area (Å²) in [5.41, 5.74) is 1.14. The minimum absolute atomic E-state index is 0.0252. The van der Waals surface area contributed by atoms with Gasteiger partial charge in [-0.25, -0.2) is 0 Å². The average Bonchev–Trinajstić information content (AvgIpc) is 2.54. The van der Waals surface area contributed by atoms with Crippen LogP contribution in [0.15, 0.2) is 46.4 Å². The number of carbonyl (C=O) groups excluding carboxylic acids is 1. The third-order valence-electron chi connectivity index (χ3n) is 3.02. The molecule has 0 saturated heterocycles. The zero-order valence-corrected chi connectivity index (χ0v) is 16.9. The molecule has 0 heterocycles. The van der Waals surface area contributed by atoms with Gasteiger partial charge in [-0.1, -0.05) is 23.7 Å². The molecule has 0 unspecified atom stereocenters. The van der Waals surface area contributed by atoms with Gasteiger partial charge in [0.2, 0.25) is 0 Å². The summed E-state index contributed by atoms with van der Waals surface area (Å²) in [6.45, 7) is 0. The molecule has 0 aromatic heterocycles. The molecule has 122 valence electrons. The number of nitrogens with zero attached hydrogens (tertiary/aromatic N) is 1. The number of methoxy groups -OCH3 is 1. The highest BCUT2D eigenvalue weighted by molar-refractivity contribution is 14.1. The molecule has 0 atom stereocenters. The van der Waals surface area contributed by atoms with Crippen molar-refractivity contribution >= 4 is 67.8 Å². The first kappa shape index (κ1) is 18.8. The zero-order valence-electron chi connectivity index (χ0n) is 12.4. The number of para-hydroxylation sites is 1. The van der Waals surface area contributed by atoms with E-state index in [0.29, 0.717) is 22.0 Å². The smallest absolute Gasteiger partial charge is 0.266 e. The Morgan fingerprint density at radius 1 is 1.42 bits per heavy atom. The van der Waals surface area contributed by atoms with Crippen molar-refractivity contribution < 1.29 is 9.53 Å². The SMILES string of the molecule is COc1c(Br)cc(/C=C(\C#N)C(=O)Nc2ccccc2Cl)cc1I. The number of amides is 1. The average molecular weight is 518 g/mol. The summed E-state index contributed by atoms with van der Waals surface area (Å²) in [5, 5.41) is 12.3. The van der Waals surface area contributed by atoms with Crippen LogP contribution in [0.5, 0.6) is 5.75 Å². The van der Waals surface area contributed by atoms with Crippen LogP contribution < -0.4 is 10.1 Å². The van der Waals surface area contributed by atoms with E-state index in [-0.39, 0.29) is 5.57 Å². The molecule has 0 bridgehead atoms. The molecule has 2 rings (SSSR count). The lowest BCUT2D eigenvalue weighted by atomic mass is 10.1. The number of anilines is 1. The number of ether oxygens (including phenoxy) is 1. The number of benzene rings is 2. The lowest BCUT2D eigenvalue weighted by molar-refractivity contribution is -0.112. The number of nitriles is 1. The summed E-state index contributed by atoms with van der Waals surface area (Å²) in [7, 11) is 1.58. The highest BCUT2D eigenvalue weighted by Gasteiger charge is 2.13. The number of carbonyl (C=O) groups is 1. The van der Waals surface area contributed by atoms with E-state index < -0.39 is 5.91 Å². The quantitative estimate of drug-likeness (QED) is 0.342. The minimum Gasteiger partial charge on any atom is -0.494 e. The first-order valence-corrected chi connectivity index (χ1v) is 8.92. The van der Waals surface area contributed by atoms with Gasteiger partial charge in [-0.05, 0) is 74.4 Å². The lowest BCUT2D eigenvalue weighted by Gasteiger charge is -2.08. The standard InChI is InChI=1S/C17H11BrClIN2O2/c1-24-16-12(18)7-10(8-14(16)20)6-11(9-21)17(23)22-15-5-3-2-4-13(15)19/h2-8H,1H3,(H,22,23)/b11-6+.